The summed E-state index contributed by atoms with van der Waals surface area (Å²) in [6.45, 7) is 1.63. The number of phenolic OH excluding ortho intramolecular Hbond substituents is 1. The fourth-order valence-electron chi connectivity index (χ4n) is 1.46. The molecular weight excluding hydrogens is 366 g/mol. The lowest BCUT2D eigenvalue weighted by Crippen LogP contribution is -2.12. The van der Waals surface area contributed by atoms with E-state index in [1.807, 2.05) is 12.1 Å². The number of halogens is 2. The fourth-order valence-corrected chi connectivity index (χ4v) is 3.41. The van der Waals surface area contributed by atoms with E-state index >= 15 is 0 Å². The molecule has 90 valence electrons. The predicted octanol–water partition coefficient (Wildman–Crippen LogP) is 4.27. The van der Waals surface area contributed by atoms with Crippen LogP contribution in [0.25, 0.3) is 0 Å². The van der Waals surface area contributed by atoms with Gasteiger partial charge in [0.25, 0.3) is 0 Å². The summed E-state index contributed by atoms with van der Waals surface area (Å²) in [5, 5.41) is 17.2. The lowest BCUT2D eigenvalue weighted by Gasteiger charge is -2.07. The fraction of sp³-hybridized carbons (Fsp3) is 0.167. The zero-order chi connectivity index (χ0) is 12.3. The Morgan fingerprint density at radius 1 is 1.12 bits per heavy atom. The van der Waals surface area contributed by atoms with Gasteiger partial charge in [-0.25, -0.2) is 0 Å². The van der Waals surface area contributed by atoms with Crippen LogP contribution in [-0.2, 0) is 13.1 Å². The number of aromatic hydroxyl groups is 1. The van der Waals surface area contributed by atoms with Crippen molar-refractivity contribution in [2.24, 2.45) is 0 Å². The van der Waals surface area contributed by atoms with Crippen molar-refractivity contribution in [3.63, 3.8) is 0 Å². The molecule has 0 bridgehead atoms. The Balaban J connectivity index is 1.95. The minimum Gasteiger partial charge on any atom is -0.506 e. The molecule has 2 nitrogen and oxygen atoms in total. The molecule has 17 heavy (non-hydrogen) atoms. The van der Waals surface area contributed by atoms with E-state index in [1.54, 1.807) is 11.3 Å². The van der Waals surface area contributed by atoms with Gasteiger partial charge in [-0.3, -0.25) is 0 Å². The van der Waals surface area contributed by atoms with Crippen LogP contribution in [0.4, 0.5) is 0 Å². The molecule has 0 fully saturated rings. The highest BCUT2D eigenvalue weighted by molar-refractivity contribution is 9.11. The van der Waals surface area contributed by atoms with Crippen LogP contribution in [0.15, 0.2) is 37.9 Å². The second-order valence-corrected chi connectivity index (χ2v) is 6.13. The van der Waals surface area contributed by atoms with Gasteiger partial charge in [-0.05, 0) is 71.9 Å². The van der Waals surface area contributed by atoms with Gasteiger partial charge in [-0.2, -0.15) is 11.3 Å². The maximum absolute atomic E-state index is 9.59. The second kappa shape index (κ2) is 6.00. The quantitative estimate of drug-likeness (QED) is 0.835. The molecule has 0 aliphatic rings. The van der Waals surface area contributed by atoms with Gasteiger partial charge in [0.15, 0.2) is 0 Å². The van der Waals surface area contributed by atoms with Crippen LogP contribution in [0.3, 0.4) is 0 Å². The minimum atomic E-state index is 0.242. The van der Waals surface area contributed by atoms with Crippen LogP contribution in [0.1, 0.15) is 11.1 Å². The van der Waals surface area contributed by atoms with Crippen LogP contribution < -0.4 is 5.32 Å². The SMILES string of the molecule is Oc1c(Br)cc(CNCc2ccsc2)cc1Br. The summed E-state index contributed by atoms with van der Waals surface area (Å²) >= 11 is 8.35. The van der Waals surface area contributed by atoms with Gasteiger partial charge >= 0.3 is 0 Å². The van der Waals surface area contributed by atoms with Gasteiger partial charge in [0.05, 0.1) is 8.95 Å². The molecule has 0 unspecified atom stereocenters. The summed E-state index contributed by atoms with van der Waals surface area (Å²) in [5.74, 6) is 0.242. The summed E-state index contributed by atoms with van der Waals surface area (Å²) in [4.78, 5) is 0. The summed E-state index contributed by atoms with van der Waals surface area (Å²) in [6.07, 6.45) is 0. The van der Waals surface area contributed by atoms with E-state index in [1.165, 1.54) is 5.56 Å². The standard InChI is InChI=1S/C12H11Br2NOS/c13-10-3-9(4-11(14)12(10)16)6-15-5-8-1-2-17-7-8/h1-4,7,15-16H,5-6H2. The third kappa shape index (κ3) is 3.55. The van der Waals surface area contributed by atoms with Gasteiger partial charge in [0.2, 0.25) is 0 Å². The van der Waals surface area contributed by atoms with E-state index in [2.05, 4.69) is 54.0 Å². The number of phenols is 1. The predicted molar refractivity (Wildman–Crippen MR) is 78.4 cm³/mol. The smallest absolute Gasteiger partial charge is 0.143 e. The summed E-state index contributed by atoms with van der Waals surface area (Å²) in [5.41, 5.74) is 2.42. The summed E-state index contributed by atoms with van der Waals surface area (Å²) in [7, 11) is 0. The number of thiophene rings is 1. The largest absolute Gasteiger partial charge is 0.506 e. The molecule has 0 atom stereocenters. The molecule has 2 N–H and O–H groups in total. The van der Waals surface area contributed by atoms with Gasteiger partial charge in [0.1, 0.15) is 5.75 Å². The Bertz CT molecular complexity index is 476. The van der Waals surface area contributed by atoms with Gasteiger partial charge in [-0.15, -0.1) is 0 Å². The van der Waals surface area contributed by atoms with Crippen molar-refractivity contribution in [1.29, 1.82) is 0 Å². The molecular formula is C12H11Br2NOS. The Kier molecular flexibility index (Phi) is 4.62. The highest BCUT2D eigenvalue weighted by Crippen LogP contribution is 2.33. The monoisotopic (exact) mass is 375 g/mol. The van der Waals surface area contributed by atoms with Crippen molar-refractivity contribution >= 4 is 43.2 Å². The molecule has 0 amide bonds. The number of hydrogen-bond acceptors (Lipinski definition) is 3. The van der Waals surface area contributed by atoms with Crippen molar-refractivity contribution in [2.75, 3.05) is 0 Å². The first-order valence-electron chi connectivity index (χ1n) is 5.05. The Hall–Kier alpha value is -0.360. The molecule has 0 saturated heterocycles. The zero-order valence-electron chi connectivity index (χ0n) is 8.91. The molecule has 0 aliphatic carbocycles. The topological polar surface area (TPSA) is 32.3 Å². The molecule has 5 heteroatoms. The van der Waals surface area contributed by atoms with Crippen LogP contribution in [-0.4, -0.2) is 5.11 Å². The van der Waals surface area contributed by atoms with E-state index in [0.717, 1.165) is 18.7 Å². The molecule has 1 aromatic heterocycles. The maximum atomic E-state index is 9.59. The summed E-state index contributed by atoms with van der Waals surface area (Å²) < 4.78 is 1.42. The molecule has 0 aliphatic heterocycles. The molecule has 1 heterocycles. The van der Waals surface area contributed by atoms with E-state index in [9.17, 15) is 5.11 Å². The van der Waals surface area contributed by atoms with E-state index in [4.69, 9.17) is 0 Å². The summed E-state index contributed by atoms with van der Waals surface area (Å²) in [6, 6.07) is 5.95. The van der Waals surface area contributed by atoms with Crippen molar-refractivity contribution in [2.45, 2.75) is 13.1 Å². The second-order valence-electron chi connectivity index (χ2n) is 3.64. The van der Waals surface area contributed by atoms with Crippen LogP contribution in [0, 0.1) is 0 Å². The van der Waals surface area contributed by atoms with Gasteiger partial charge in [0, 0.05) is 13.1 Å². The highest BCUT2D eigenvalue weighted by atomic mass is 79.9. The Labute approximate surface area is 121 Å². The first-order valence-corrected chi connectivity index (χ1v) is 7.58. The number of benzene rings is 1. The van der Waals surface area contributed by atoms with Crippen LogP contribution in [0.5, 0.6) is 5.75 Å². The van der Waals surface area contributed by atoms with E-state index in [0.29, 0.717) is 8.95 Å². The number of nitrogens with one attached hydrogen (secondary N) is 1. The van der Waals surface area contributed by atoms with Gasteiger partial charge < -0.3 is 10.4 Å². The van der Waals surface area contributed by atoms with Crippen LogP contribution >= 0.6 is 43.2 Å². The normalized spacial score (nSPS) is 10.7. The van der Waals surface area contributed by atoms with Crippen LogP contribution in [0.2, 0.25) is 0 Å². The lowest BCUT2D eigenvalue weighted by molar-refractivity contribution is 0.468. The maximum Gasteiger partial charge on any atom is 0.143 e. The zero-order valence-corrected chi connectivity index (χ0v) is 12.9. The first kappa shape index (κ1) is 13.1. The number of hydrogen-bond donors (Lipinski definition) is 2. The number of rotatable bonds is 4. The minimum absolute atomic E-state index is 0.242. The molecule has 0 spiro atoms. The van der Waals surface area contributed by atoms with Gasteiger partial charge in [-0.1, -0.05) is 0 Å². The van der Waals surface area contributed by atoms with Crippen molar-refractivity contribution in [3.8, 4) is 5.75 Å². The average Bonchev–Trinajstić information content (AvgIpc) is 2.79. The molecule has 1 aromatic carbocycles. The highest BCUT2D eigenvalue weighted by Gasteiger charge is 2.05. The third-order valence-electron chi connectivity index (χ3n) is 2.32. The Morgan fingerprint density at radius 3 is 2.35 bits per heavy atom. The first-order chi connectivity index (χ1) is 8.16. The average molecular weight is 377 g/mol. The van der Waals surface area contributed by atoms with Crippen molar-refractivity contribution < 1.29 is 5.11 Å². The molecule has 0 saturated carbocycles. The van der Waals surface area contributed by atoms with E-state index in [-0.39, 0.29) is 5.75 Å². The Morgan fingerprint density at radius 2 is 1.76 bits per heavy atom. The third-order valence-corrected chi connectivity index (χ3v) is 4.26. The molecule has 0 radical (unpaired) electrons. The molecule has 2 aromatic rings. The van der Waals surface area contributed by atoms with Crippen molar-refractivity contribution in [1.82, 2.24) is 5.32 Å². The van der Waals surface area contributed by atoms with Crippen molar-refractivity contribution in [3.05, 3.63) is 49.0 Å². The lowest BCUT2D eigenvalue weighted by atomic mass is 10.2. The van der Waals surface area contributed by atoms with E-state index < -0.39 is 0 Å². The molecule has 2 rings (SSSR count).